The second-order valence-electron chi connectivity index (χ2n) is 1.34. The minimum absolute atomic E-state index is 0.169. The number of aromatic amines is 1. The molecule has 0 saturated carbocycles. The van der Waals surface area contributed by atoms with Gasteiger partial charge in [0.15, 0.2) is 0 Å². The molecule has 0 bridgehead atoms. The third-order valence-electron chi connectivity index (χ3n) is 0.791. The van der Waals surface area contributed by atoms with E-state index in [2.05, 4.69) is 10.2 Å². The lowest BCUT2D eigenvalue weighted by Crippen LogP contribution is -2.47. The van der Waals surface area contributed by atoms with E-state index in [9.17, 15) is 0 Å². The van der Waals surface area contributed by atoms with Crippen LogP contribution in [0.4, 0.5) is 11.9 Å². The van der Waals surface area contributed by atoms with Crippen molar-refractivity contribution in [2.45, 2.75) is 0 Å². The van der Waals surface area contributed by atoms with Gasteiger partial charge in [0, 0.05) is 0 Å². The molecule has 0 aliphatic heterocycles. The minimum atomic E-state index is 0.169. The highest BCUT2D eigenvalue weighted by Gasteiger charge is 2.05. The van der Waals surface area contributed by atoms with Gasteiger partial charge in [0.25, 0.3) is 0 Å². The minimum Gasteiger partial charge on any atom is -0.318 e. The van der Waals surface area contributed by atoms with Crippen molar-refractivity contribution in [2.75, 3.05) is 17.3 Å². The van der Waals surface area contributed by atoms with Gasteiger partial charge in [-0.05, 0) is 5.10 Å². The zero-order chi connectivity index (χ0) is 6.15. The summed E-state index contributed by atoms with van der Waals surface area (Å²) in [5.74, 6) is 5.58. The van der Waals surface area contributed by atoms with Crippen molar-refractivity contribution >= 4 is 11.9 Å². The molecule has 0 aliphatic rings. The van der Waals surface area contributed by atoms with E-state index in [0.29, 0.717) is 0 Å². The average Bonchev–Trinajstić information content (AvgIpc) is 1.98. The van der Waals surface area contributed by atoms with Crippen LogP contribution < -0.4 is 22.0 Å². The van der Waals surface area contributed by atoms with Crippen LogP contribution in [0.1, 0.15) is 0 Å². The molecule has 0 aromatic carbocycles. The fourth-order valence-corrected chi connectivity index (χ4v) is 0.346. The summed E-state index contributed by atoms with van der Waals surface area (Å²) in [6, 6.07) is 0. The molecule has 8 heavy (non-hydrogen) atoms. The summed E-state index contributed by atoms with van der Waals surface area (Å²) in [6.45, 7) is 0. The number of aromatic nitrogens is 3. The lowest BCUT2D eigenvalue weighted by molar-refractivity contribution is -0.608. The largest absolute Gasteiger partial charge is 0.367 e. The van der Waals surface area contributed by atoms with Gasteiger partial charge in [-0.2, -0.15) is 0 Å². The van der Waals surface area contributed by atoms with E-state index in [1.54, 1.807) is 0 Å². The molecule has 1 aromatic rings. The molecule has 1 rings (SSSR count). The van der Waals surface area contributed by atoms with Crippen molar-refractivity contribution in [1.29, 1.82) is 0 Å². The summed E-state index contributed by atoms with van der Waals surface area (Å²) in [5.41, 5.74) is 10.3. The number of hydrogen-bond donors (Lipinski definition) is 4. The maximum absolute atomic E-state index is 5.18. The first-order valence-corrected chi connectivity index (χ1v) is 1.98. The van der Waals surface area contributed by atoms with E-state index in [4.69, 9.17) is 17.3 Å². The van der Waals surface area contributed by atoms with E-state index in [1.807, 2.05) is 0 Å². The number of nitrogens with zero attached hydrogens (tertiary/aromatic N) is 2. The predicted octanol–water partition coefficient (Wildman–Crippen LogP) is -2.42. The molecule has 44 valence electrons. The van der Waals surface area contributed by atoms with Crippen LogP contribution in [-0.4, -0.2) is 10.2 Å². The highest BCUT2D eigenvalue weighted by atomic mass is 15.5. The maximum atomic E-state index is 5.18. The van der Waals surface area contributed by atoms with Gasteiger partial charge < -0.3 is 17.3 Å². The van der Waals surface area contributed by atoms with Crippen LogP contribution in [0.25, 0.3) is 0 Å². The second kappa shape index (κ2) is 1.25. The fraction of sp³-hybridized carbons (Fsp3) is 0. The Morgan fingerprint density at radius 3 is 2.25 bits per heavy atom. The van der Waals surface area contributed by atoms with Crippen LogP contribution in [0, 0.1) is 0 Å². The molecule has 0 spiro atoms. The average molecular weight is 115 g/mol. The molecule has 0 unspecified atom stereocenters. The Hall–Kier alpha value is -1.46. The molecule has 7 N–H and O–H groups in total. The van der Waals surface area contributed by atoms with Gasteiger partial charge in [-0.15, -0.1) is 9.77 Å². The van der Waals surface area contributed by atoms with Gasteiger partial charge >= 0.3 is 11.9 Å². The first-order valence-electron chi connectivity index (χ1n) is 1.98. The molecule has 0 amide bonds. The van der Waals surface area contributed by atoms with E-state index in [0.717, 1.165) is 4.68 Å². The third-order valence-corrected chi connectivity index (χ3v) is 0.791. The number of anilines is 2. The van der Waals surface area contributed by atoms with Gasteiger partial charge in [-0.3, -0.25) is 0 Å². The van der Waals surface area contributed by atoms with Gasteiger partial charge in [0.05, 0.1) is 0 Å². The summed E-state index contributed by atoms with van der Waals surface area (Å²) in [7, 11) is 0. The van der Waals surface area contributed by atoms with Crippen molar-refractivity contribution in [3.8, 4) is 0 Å². The first-order chi connectivity index (χ1) is 3.72. The molecule has 6 heteroatoms. The summed E-state index contributed by atoms with van der Waals surface area (Å²) in [4.78, 5) is 0. The number of nitrogens with one attached hydrogen (secondary N) is 1. The van der Waals surface area contributed by atoms with Crippen molar-refractivity contribution in [2.24, 2.45) is 0 Å². The molecule has 0 fully saturated rings. The Labute approximate surface area is 45.2 Å². The number of rotatable bonds is 0. The van der Waals surface area contributed by atoms with Crippen LogP contribution in [0.2, 0.25) is 0 Å². The Bertz CT molecular complexity index is 169. The number of nitrogen functional groups attached to an aromatic ring is 3. The number of H-pyrrole nitrogens is 1. The van der Waals surface area contributed by atoms with Crippen LogP contribution >= 0.6 is 0 Å². The Morgan fingerprint density at radius 2 is 2.12 bits per heavy atom. The summed E-state index contributed by atoms with van der Waals surface area (Å²) < 4.78 is 1.06. The number of nitrogens with two attached hydrogens (primary N) is 3. The quantitative estimate of drug-likeness (QED) is 0.222. The maximum Gasteiger partial charge on any atom is 0.367 e. The van der Waals surface area contributed by atoms with Crippen molar-refractivity contribution in [3.63, 3.8) is 0 Å². The topological polar surface area (TPSA) is 111 Å². The Kier molecular flexibility index (Phi) is 0.736. The Morgan fingerprint density at radius 1 is 1.50 bits per heavy atom. The van der Waals surface area contributed by atoms with Crippen molar-refractivity contribution < 1.29 is 4.68 Å². The lowest BCUT2D eigenvalue weighted by atomic mass is 11.0. The fourth-order valence-electron chi connectivity index (χ4n) is 0.346. The molecule has 6 nitrogen and oxygen atoms in total. The van der Waals surface area contributed by atoms with Crippen LogP contribution in [-0.2, 0) is 0 Å². The highest BCUT2D eigenvalue weighted by Crippen LogP contribution is 1.83. The summed E-state index contributed by atoms with van der Waals surface area (Å²) in [5, 5.41) is 5.86. The molecule has 0 atom stereocenters. The van der Waals surface area contributed by atoms with Gasteiger partial charge in [0.1, 0.15) is 0 Å². The molecule has 1 heterocycles. The van der Waals surface area contributed by atoms with Gasteiger partial charge in [0.2, 0.25) is 0 Å². The number of hydrogen-bond acceptors (Lipinski definition) is 4. The van der Waals surface area contributed by atoms with Crippen molar-refractivity contribution in [3.05, 3.63) is 0 Å². The van der Waals surface area contributed by atoms with Gasteiger partial charge in [-0.25, -0.2) is 0 Å². The standard InChI is InChI=1S/C2H6N6/c3-1-6-7-2(4)8(1)5/h5H2,(H4,3,4,6,7)/p+1. The molecular weight excluding hydrogens is 108 g/mol. The predicted molar refractivity (Wildman–Crippen MR) is 27.8 cm³/mol. The highest BCUT2D eigenvalue weighted by molar-refractivity contribution is 5.11. The van der Waals surface area contributed by atoms with Gasteiger partial charge in [-0.1, -0.05) is 0 Å². The van der Waals surface area contributed by atoms with Crippen LogP contribution in [0.3, 0.4) is 0 Å². The third kappa shape index (κ3) is 0.427. The molecule has 1 aromatic heterocycles. The molecular formula is C2H7N6+. The first kappa shape index (κ1) is 4.69. The monoisotopic (exact) mass is 115 g/mol. The molecule has 0 saturated heterocycles. The van der Waals surface area contributed by atoms with Crippen LogP contribution in [0.5, 0.6) is 0 Å². The van der Waals surface area contributed by atoms with Crippen molar-refractivity contribution in [1.82, 2.24) is 10.2 Å². The Balaban J connectivity index is 3.19. The van der Waals surface area contributed by atoms with E-state index >= 15 is 0 Å². The molecule has 0 radical (unpaired) electrons. The normalized spacial score (nSPS) is 9.50. The zero-order valence-corrected chi connectivity index (χ0v) is 4.13. The second-order valence-corrected chi connectivity index (χ2v) is 1.34. The molecule has 0 aliphatic carbocycles. The van der Waals surface area contributed by atoms with E-state index in [1.165, 1.54) is 0 Å². The van der Waals surface area contributed by atoms with E-state index < -0.39 is 0 Å². The lowest BCUT2D eigenvalue weighted by Gasteiger charge is -1.83. The van der Waals surface area contributed by atoms with E-state index in [-0.39, 0.29) is 11.9 Å². The smallest absolute Gasteiger partial charge is 0.318 e. The summed E-state index contributed by atoms with van der Waals surface area (Å²) in [6.07, 6.45) is 0. The SMILES string of the molecule is Nc1n[nH]c(N)[n+]1N. The summed E-state index contributed by atoms with van der Waals surface area (Å²) >= 11 is 0. The van der Waals surface area contributed by atoms with Crippen LogP contribution in [0.15, 0.2) is 0 Å². The zero-order valence-electron chi connectivity index (χ0n) is 4.13.